The molecule has 0 saturated carbocycles. The molecule has 1 amide bonds. The molecule has 0 aromatic carbocycles. The van der Waals surface area contributed by atoms with Crippen molar-refractivity contribution >= 4 is 33.4 Å². The van der Waals surface area contributed by atoms with E-state index in [1.807, 2.05) is 13.8 Å². The highest BCUT2D eigenvalue weighted by molar-refractivity contribution is 9.09. The number of rotatable bonds is 3. The molecule has 60 valence electrons. The summed E-state index contributed by atoms with van der Waals surface area (Å²) < 4.78 is 0. The maximum atomic E-state index is 10.8. The molecule has 0 bridgehead atoms. The smallest absolute Gasteiger partial charge is 0.231 e. The van der Waals surface area contributed by atoms with Crippen LogP contribution >= 0.6 is 27.5 Å². The average molecular weight is 229 g/mol. The fourth-order valence-electron chi connectivity index (χ4n) is 0.444. The van der Waals surface area contributed by atoms with E-state index in [4.69, 9.17) is 11.6 Å². The van der Waals surface area contributed by atoms with Gasteiger partial charge in [0.1, 0.15) is 0 Å². The second-order valence-electron chi connectivity index (χ2n) is 2.70. The lowest BCUT2D eigenvalue weighted by Crippen LogP contribution is -2.45. The van der Waals surface area contributed by atoms with E-state index in [0.29, 0.717) is 11.2 Å². The highest BCUT2D eigenvalue weighted by Crippen LogP contribution is 2.03. The highest BCUT2D eigenvalue weighted by Gasteiger charge is 2.17. The van der Waals surface area contributed by atoms with Crippen LogP contribution in [-0.4, -0.2) is 22.7 Å². The number of alkyl halides is 2. The van der Waals surface area contributed by atoms with E-state index in [1.54, 1.807) is 0 Å². The Kier molecular flexibility index (Phi) is 4.29. The monoisotopic (exact) mass is 227 g/mol. The molecule has 4 heteroatoms. The van der Waals surface area contributed by atoms with Crippen LogP contribution in [0.2, 0.25) is 0 Å². The summed E-state index contributed by atoms with van der Waals surface area (Å²) in [6.45, 7) is 3.75. The number of carbonyl (C=O) groups is 1. The van der Waals surface area contributed by atoms with E-state index in [0.717, 1.165) is 0 Å². The molecule has 0 fully saturated rings. The van der Waals surface area contributed by atoms with Crippen molar-refractivity contribution in [3.63, 3.8) is 0 Å². The Morgan fingerprint density at radius 2 is 2.20 bits per heavy atom. The van der Waals surface area contributed by atoms with Crippen LogP contribution in [0.15, 0.2) is 0 Å². The van der Waals surface area contributed by atoms with E-state index in [-0.39, 0.29) is 11.4 Å². The molecular weight excluding hydrogens is 217 g/mol. The molecule has 0 saturated heterocycles. The third-order valence-electron chi connectivity index (χ3n) is 0.933. The quantitative estimate of drug-likeness (QED) is 0.729. The SMILES string of the molecule is CC(C)(CCl)NC(=O)CBr. The fraction of sp³-hybridized carbons (Fsp3) is 0.833. The minimum atomic E-state index is -0.299. The number of nitrogens with one attached hydrogen (secondary N) is 1. The predicted octanol–water partition coefficient (Wildman–Crippen LogP) is 1.51. The topological polar surface area (TPSA) is 29.1 Å². The van der Waals surface area contributed by atoms with Crippen molar-refractivity contribution < 1.29 is 4.79 Å². The van der Waals surface area contributed by atoms with Gasteiger partial charge >= 0.3 is 0 Å². The molecule has 0 aromatic heterocycles. The second kappa shape index (κ2) is 4.19. The molecule has 10 heavy (non-hydrogen) atoms. The van der Waals surface area contributed by atoms with Crippen LogP contribution in [0.25, 0.3) is 0 Å². The number of halogens is 2. The van der Waals surface area contributed by atoms with Gasteiger partial charge in [-0.1, -0.05) is 15.9 Å². The Morgan fingerprint density at radius 1 is 1.70 bits per heavy atom. The first-order valence-electron chi connectivity index (χ1n) is 2.95. The third kappa shape index (κ3) is 4.12. The summed E-state index contributed by atoms with van der Waals surface area (Å²) >= 11 is 8.61. The molecular formula is C6H11BrClNO. The van der Waals surface area contributed by atoms with Gasteiger partial charge in [0.15, 0.2) is 0 Å². The average Bonchev–Trinajstić information content (AvgIpc) is 1.87. The van der Waals surface area contributed by atoms with Crippen molar-refractivity contribution in [1.82, 2.24) is 5.32 Å². The highest BCUT2D eigenvalue weighted by atomic mass is 79.9. The van der Waals surface area contributed by atoms with Gasteiger partial charge in [0.25, 0.3) is 0 Å². The van der Waals surface area contributed by atoms with E-state index >= 15 is 0 Å². The van der Waals surface area contributed by atoms with Crippen molar-refractivity contribution in [3.8, 4) is 0 Å². The largest absolute Gasteiger partial charge is 0.349 e. The van der Waals surface area contributed by atoms with Crippen LogP contribution in [0, 0.1) is 0 Å². The van der Waals surface area contributed by atoms with Crippen LogP contribution in [0.4, 0.5) is 0 Å². The number of carbonyl (C=O) groups excluding carboxylic acids is 1. The Morgan fingerprint density at radius 3 is 2.50 bits per heavy atom. The molecule has 0 unspecified atom stereocenters. The summed E-state index contributed by atoms with van der Waals surface area (Å²) in [5, 5.41) is 3.06. The van der Waals surface area contributed by atoms with Crippen molar-refractivity contribution in [2.75, 3.05) is 11.2 Å². The Hall–Kier alpha value is 0.240. The van der Waals surface area contributed by atoms with Crippen LogP contribution in [0.3, 0.4) is 0 Å². The zero-order chi connectivity index (χ0) is 8.20. The van der Waals surface area contributed by atoms with Gasteiger partial charge in [-0.15, -0.1) is 11.6 Å². The van der Waals surface area contributed by atoms with Gasteiger partial charge in [0, 0.05) is 11.4 Å². The molecule has 1 N–H and O–H groups in total. The van der Waals surface area contributed by atoms with Crippen molar-refractivity contribution in [2.24, 2.45) is 0 Å². The van der Waals surface area contributed by atoms with Crippen LogP contribution in [-0.2, 0) is 4.79 Å². The van der Waals surface area contributed by atoms with E-state index in [1.165, 1.54) is 0 Å². The summed E-state index contributed by atoms with van der Waals surface area (Å²) in [5.74, 6) is 0.386. The minimum Gasteiger partial charge on any atom is -0.349 e. The molecule has 0 rings (SSSR count). The third-order valence-corrected chi connectivity index (χ3v) is 2.11. The van der Waals surface area contributed by atoms with Gasteiger partial charge in [0.05, 0.1) is 5.33 Å². The summed E-state index contributed by atoms with van der Waals surface area (Å²) in [4.78, 5) is 10.8. The predicted molar refractivity (Wildman–Crippen MR) is 46.7 cm³/mol. The Bertz CT molecular complexity index is 127. The Labute approximate surface area is 74.4 Å². The molecule has 0 atom stereocenters. The van der Waals surface area contributed by atoms with Crippen molar-refractivity contribution in [3.05, 3.63) is 0 Å². The van der Waals surface area contributed by atoms with Crippen LogP contribution in [0.1, 0.15) is 13.8 Å². The summed E-state index contributed by atoms with van der Waals surface area (Å²) in [6, 6.07) is 0. The molecule has 0 spiro atoms. The van der Waals surface area contributed by atoms with Gasteiger partial charge < -0.3 is 5.32 Å². The zero-order valence-electron chi connectivity index (χ0n) is 6.08. The maximum absolute atomic E-state index is 10.8. The first-order valence-corrected chi connectivity index (χ1v) is 4.60. The lowest BCUT2D eigenvalue weighted by Gasteiger charge is -2.22. The summed E-state index contributed by atoms with van der Waals surface area (Å²) in [5.41, 5.74) is -0.299. The normalized spacial score (nSPS) is 11.2. The van der Waals surface area contributed by atoms with Crippen molar-refractivity contribution in [1.29, 1.82) is 0 Å². The van der Waals surface area contributed by atoms with E-state index in [9.17, 15) is 4.79 Å². The molecule has 2 nitrogen and oxygen atoms in total. The molecule has 0 aliphatic heterocycles. The Balaban J connectivity index is 3.76. The second-order valence-corrected chi connectivity index (χ2v) is 3.53. The molecule has 0 radical (unpaired) electrons. The van der Waals surface area contributed by atoms with Gasteiger partial charge in [-0.05, 0) is 13.8 Å². The lowest BCUT2D eigenvalue weighted by atomic mass is 10.1. The van der Waals surface area contributed by atoms with E-state index in [2.05, 4.69) is 21.2 Å². The van der Waals surface area contributed by atoms with Crippen LogP contribution in [0.5, 0.6) is 0 Å². The number of hydrogen-bond acceptors (Lipinski definition) is 1. The van der Waals surface area contributed by atoms with Gasteiger partial charge in [-0.2, -0.15) is 0 Å². The lowest BCUT2D eigenvalue weighted by molar-refractivity contribution is -0.119. The molecule has 0 aromatic rings. The van der Waals surface area contributed by atoms with Crippen molar-refractivity contribution in [2.45, 2.75) is 19.4 Å². The maximum Gasteiger partial charge on any atom is 0.231 e. The number of amides is 1. The zero-order valence-corrected chi connectivity index (χ0v) is 8.42. The van der Waals surface area contributed by atoms with E-state index < -0.39 is 0 Å². The van der Waals surface area contributed by atoms with Crippen LogP contribution < -0.4 is 5.32 Å². The van der Waals surface area contributed by atoms with Gasteiger partial charge in [-0.3, -0.25) is 4.79 Å². The summed E-state index contributed by atoms with van der Waals surface area (Å²) in [7, 11) is 0. The molecule has 0 heterocycles. The number of hydrogen-bond donors (Lipinski definition) is 1. The minimum absolute atomic E-state index is 0.0364. The standard InChI is InChI=1S/C6H11BrClNO/c1-6(2,4-8)9-5(10)3-7/h3-4H2,1-2H3,(H,9,10). The van der Waals surface area contributed by atoms with Gasteiger partial charge in [0.2, 0.25) is 5.91 Å². The molecule has 0 aliphatic carbocycles. The fourth-order valence-corrected chi connectivity index (χ4v) is 0.651. The van der Waals surface area contributed by atoms with Gasteiger partial charge in [-0.25, -0.2) is 0 Å². The summed E-state index contributed by atoms with van der Waals surface area (Å²) in [6.07, 6.45) is 0. The molecule has 0 aliphatic rings. The first-order chi connectivity index (χ1) is 4.52. The first kappa shape index (κ1) is 10.2.